The van der Waals surface area contributed by atoms with Crippen molar-refractivity contribution in [2.24, 2.45) is 5.92 Å². The quantitative estimate of drug-likeness (QED) is 0.520. The van der Waals surface area contributed by atoms with Gasteiger partial charge in [-0.25, -0.2) is 4.79 Å². The molecule has 1 unspecified atom stereocenters. The van der Waals surface area contributed by atoms with Gasteiger partial charge in [0.1, 0.15) is 0 Å². The largest absolute Gasteiger partial charge is 0.465 e. The van der Waals surface area contributed by atoms with Crippen LogP contribution in [0.15, 0.2) is 18.2 Å². The number of methoxy groups -OCH3 is 1. The second-order valence-electron chi connectivity index (χ2n) is 4.46. The number of rotatable bonds is 3. The van der Waals surface area contributed by atoms with E-state index in [-0.39, 0.29) is 11.8 Å². The van der Waals surface area contributed by atoms with Crippen LogP contribution in [0.2, 0.25) is 0 Å². The molecule has 2 rings (SSSR count). The fourth-order valence-corrected chi connectivity index (χ4v) is 2.45. The van der Waals surface area contributed by atoms with Crippen LogP contribution in [-0.4, -0.2) is 31.4 Å². The zero-order valence-corrected chi connectivity index (χ0v) is 11.3. The third-order valence-electron chi connectivity index (χ3n) is 3.17. The molecule has 0 aromatic heterocycles. The van der Waals surface area contributed by atoms with E-state index in [2.05, 4.69) is 0 Å². The van der Waals surface area contributed by atoms with Crippen LogP contribution >= 0.6 is 11.6 Å². The average molecular weight is 283 g/mol. The Balaban J connectivity index is 2.44. The van der Waals surface area contributed by atoms with Crippen molar-refractivity contribution in [2.75, 3.05) is 30.2 Å². The number of amides is 1. The Morgan fingerprint density at radius 1 is 1.58 bits per heavy atom. The number of hydrogen-bond donors (Lipinski definition) is 1. The molecule has 1 aliphatic heterocycles. The van der Waals surface area contributed by atoms with Crippen LogP contribution in [0, 0.1) is 5.92 Å². The molecule has 0 radical (unpaired) electrons. The molecule has 1 atom stereocenters. The summed E-state index contributed by atoms with van der Waals surface area (Å²) in [7, 11) is 1.29. The van der Waals surface area contributed by atoms with E-state index in [1.54, 1.807) is 18.2 Å². The maximum Gasteiger partial charge on any atom is 0.340 e. The number of alkyl halides is 1. The van der Waals surface area contributed by atoms with Crippen LogP contribution in [0.4, 0.5) is 11.4 Å². The molecule has 1 saturated heterocycles. The van der Waals surface area contributed by atoms with Gasteiger partial charge in [0.05, 0.1) is 24.0 Å². The molecule has 19 heavy (non-hydrogen) atoms. The van der Waals surface area contributed by atoms with Crippen molar-refractivity contribution in [3.05, 3.63) is 23.8 Å². The molecule has 5 nitrogen and oxygen atoms in total. The maximum atomic E-state index is 12.0. The Hall–Kier alpha value is -1.75. The van der Waals surface area contributed by atoms with Gasteiger partial charge < -0.3 is 15.4 Å². The van der Waals surface area contributed by atoms with Crippen molar-refractivity contribution in [3.8, 4) is 0 Å². The van der Waals surface area contributed by atoms with Gasteiger partial charge in [-0.05, 0) is 18.1 Å². The highest BCUT2D eigenvalue weighted by molar-refractivity contribution is 6.18. The summed E-state index contributed by atoms with van der Waals surface area (Å²) in [5.74, 6) is -0.0971. The number of carbonyl (C=O) groups is 2. The van der Waals surface area contributed by atoms with E-state index < -0.39 is 5.97 Å². The summed E-state index contributed by atoms with van der Waals surface area (Å²) < 4.78 is 4.72. The number of halogens is 1. The molecule has 2 N–H and O–H groups in total. The number of nitrogens with zero attached hydrogens (tertiary/aromatic N) is 1. The Morgan fingerprint density at radius 3 is 2.89 bits per heavy atom. The summed E-state index contributed by atoms with van der Waals surface area (Å²) in [6.45, 7) is 0.473. The first-order valence-electron chi connectivity index (χ1n) is 5.91. The first-order valence-corrected chi connectivity index (χ1v) is 6.45. The van der Waals surface area contributed by atoms with E-state index in [0.717, 1.165) is 0 Å². The lowest BCUT2D eigenvalue weighted by atomic mass is 10.1. The first kappa shape index (κ1) is 13.7. The molecule has 1 amide bonds. The number of carbonyl (C=O) groups excluding carboxylic acids is 2. The summed E-state index contributed by atoms with van der Waals surface area (Å²) >= 11 is 5.79. The molecule has 1 aromatic rings. The van der Waals surface area contributed by atoms with E-state index >= 15 is 0 Å². The van der Waals surface area contributed by atoms with Gasteiger partial charge in [0.15, 0.2) is 0 Å². The molecule has 1 aliphatic rings. The molecule has 0 saturated carbocycles. The van der Waals surface area contributed by atoms with Crippen molar-refractivity contribution >= 4 is 34.9 Å². The molecule has 1 fully saturated rings. The fraction of sp³-hybridized carbons (Fsp3) is 0.385. The number of benzene rings is 1. The van der Waals surface area contributed by atoms with E-state index in [9.17, 15) is 9.59 Å². The van der Waals surface area contributed by atoms with Gasteiger partial charge >= 0.3 is 5.97 Å². The number of ether oxygens (including phenoxy) is 1. The van der Waals surface area contributed by atoms with E-state index in [4.69, 9.17) is 22.1 Å². The fourth-order valence-electron chi connectivity index (χ4n) is 2.24. The second-order valence-corrected chi connectivity index (χ2v) is 4.77. The van der Waals surface area contributed by atoms with Crippen molar-refractivity contribution in [1.82, 2.24) is 0 Å². The first-order chi connectivity index (χ1) is 9.08. The Bertz CT molecular complexity index is 519. The Labute approximate surface area is 116 Å². The van der Waals surface area contributed by atoms with Crippen LogP contribution in [-0.2, 0) is 9.53 Å². The molecule has 1 aromatic carbocycles. The van der Waals surface area contributed by atoms with Gasteiger partial charge in [0.2, 0.25) is 5.91 Å². The van der Waals surface area contributed by atoms with Crippen molar-refractivity contribution in [2.45, 2.75) is 6.42 Å². The number of nitrogen functional groups attached to an aromatic ring is 1. The highest BCUT2D eigenvalue weighted by atomic mass is 35.5. The molecule has 0 bridgehead atoms. The predicted octanol–water partition coefficient (Wildman–Crippen LogP) is 1.65. The van der Waals surface area contributed by atoms with Gasteiger partial charge in [0.25, 0.3) is 0 Å². The summed E-state index contributed by atoms with van der Waals surface area (Å²) in [4.78, 5) is 25.3. The number of esters is 1. The van der Waals surface area contributed by atoms with Crippen molar-refractivity contribution in [1.29, 1.82) is 0 Å². The monoisotopic (exact) mass is 282 g/mol. The zero-order chi connectivity index (χ0) is 14.0. The lowest BCUT2D eigenvalue weighted by molar-refractivity contribution is -0.117. The van der Waals surface area contributed by atoms with E-state index in [1.807, 2.05) is 0 Å². The summed E-state index contributed by atoms with van der Waals surface area (Å²) in [5, 5.41) is 0. The average Bonchev–Trinajstić information content (AvgIpc) is 2.78. The van der Waals surface area contributed by atoms with Crippen molar-refractivity contribution < 1.29 is 14.3 Å². The number of para-hydroxylation sites is 1. The molecule has 102 valence electrons. The van der Waals surface area contributed by atoms with Crippen LogP contribution in [0.1, 0.15) is 16.8 Å². The Morgan fingerprint density at radius 2 is 2.32 bits per heavy atom. The number of anilines is 2. The van der Waals surface area contributed by atoms with Crippen LogP contribution in [0.3, 0.4) is 0 Å². The summed E-state index contributed by atoms with van der Waals surface area (Å²) in [6, 6.07) is 4.91. The lowest BCUT2D eigenvalue weighted by Gasteiger charge is -2.21. The smallest absolute Gasteiger partial charge is 0.340 e. The molecule has 0 aliphatic carbocycles. The highest BCUT2D eigenvalue weighted by Crippen LogP contribution is 2.33. The molecule has 0 spiro atoms. The van der Waals surface area contributed by atoms with Gasteiger partial charge in [-0.2, -0.15) is 0 Å². The van der Waals surface area contributed by atoms with Gasteiger partial charge in [-0.3, -0.25) is 4.79 Å². The highest BCUT2D eigenvalue weighted by Gasteiger charge is 2.33. The molecular weight excluding hydrogens is 268 g/mol. The topological polar surface area (TPSA) is 72.6 Å². The Kier molecular flexibility index (Phi) is 3.95. The summed E-state index contributed by atoms with van der Waals surface area (Å²) in [6.07, 6.45) is 0.373. The predicted molar refractivity (Wildman–Crippen MR) is 73.4 cm³/mol. The van der Waals surface area contributed by atoms with Gasteiger partial charge in [-0.15, -0.1) is 11.6 Å². The van der Waals surface area contributed by atoms with Crippen LogP contribution in [0.25, 0.3) is 0 Å². The van der Waals surface area contributed by atoms with Crippen LogP contribution in [0.5, 0.6) is 0 Å². The summed E-state index contributed by atoms with van der Waals surface area (Å²) in [5.41, 5.74) is 7.01. The minimum Gasteiger partial charge on any atom is -0.465 e. The number of nitrogens with two attached hydrogens (primary N) is 1. The second kappa shape index (κ2) is 5.48. The standard InChI is InChI=1S/C13H15ClN2O3/c1-19-13(18)9-3-2-4-10(15)12(9)16-7-8(6-14)5-11(16)17/h2-4,8H,5-7,15H2,1H3. The van der Waals surface area contributed by atoms with E-state index in [1.165, 1.54) is 12.0 Å². The molecular formula is C13H15ClN2O3. The van der Waals surface area contributed by atoms with Gasteiger partial charge in [-0.1, -0.05) is 6.07 Å². The number of hydrogen-bond acceptors (Lipinski definition) is 4. The van der Waals surface area contributed by atoms with Gasteiger partial charge in [0, 0.05) is 18.8 Å². The molecule has 6 heteroatoms. The maximum absolute atomic E-state index is 12.0. The SMILES string of the molecule is COC(=O)c1cccc(N)c1N1CC(CCl)CC1=O. The van der Waals surface area contributed by atoms with Crippen LogP contribution < -0.4 is 10.6 Å². The van der Waals surface area contributed by atoms with E-state index in [0.29, 0.717) is 35.8 Å². The third kappa shape index (κ3) is 2.51. The van der Waals surface area contributed by atoms with Crippen molar-refractivity contribution in [3.63, 3.8) is 0 Å². The lowest BCUT2D eigenvalue weighted by Crippen LogP contribution is -2.28. The zero-order valence-electron chi connectivity index (χ0n) is 10.6. The normalized spacial score (nSPS) is 18.7. The third-order valence-corrected chi connectivity index (χ3v) is 3.60. The minimum atomic E-state index is -0.510. The minimum absolute atomic E-state index is 0.0753. The molecule has 1 heterocycles.